The lowest BCUT2D eigenvalue weighted by Gasteiger charge is -2.35. The molecule has 2 unspecified atom stereocenters. The van der Waals surface area contributed by atoms with Crippen LogP contribution < -0.4 is 0 Å². The first-order valence-corrected chi connectivity index (χ1v) is 6.97. The third kappa shape index (κ3) is 4.06. The van der Waals surface area contributed by atoms with Crippen LogP contribution in [0.15, 0.2) is 12.3 Å². The van der Waals surface area contributed by atoms with Crippen LogP contribution in [0.4, 0.5) is 0 Å². The highest BCUT2D eigenvalue weighted by Gasteiger charge is 2.26. The Bertz CT molecular complexity index is 430. The van der Waals surface area contributed by atoms with Crippen molar-refractivity contribution in [3.05, 3.63) is 18.0 Å². The zero-order valence-electron chi connectivity index (χ0n) is 11.7. The fraction of sp³-hybridized carbons (Fsp3) is 0.714. The standard InChI is InChI=1S/C14H23N3O2/c1-11(8-14(18)19)12-4-3-6-17(9-12)10-13-5-7-16(2)15-13/h5,7,11-12H,3-4,6,8-10H2,1-2H3,(H,18,19). The smallest absolute Gasteiger partial charge is 0.303 e. The summed E-state index contributed by atoms with van der Waals surface area (Å²) in [6.45, 7) is 5.01. The first kappa shape index (κ1) is 14.1. The molecule has 1 N–H and O–H groups in total. The molecular formula is C14H23N3O2. The minimum atomic E-state index is -0.686. The quantitative estimate of drug-likeness (QED) is 0.881. The summed E-state index contributed by atoms with van der Waals surface area (Å²) in [5.74, 6) is 0.0620. The lowest BCUT2D eigenvalue weighted by Crippen LogP contribution is -2.38. The van der Waals surface area contributed by atoms with Crippen LogP contribution in [0, 0.1) is 11.8 Å². The van der Waals surface area contributed by atoms with E-state index in [-0.39, 0.29) is 12.3 Å². The number of piperidine rings is 1. The van der Waals surface area contributed by atoms with Gasteiger partial charge in [0.2, 0.25) is 0 Å². The summed E-state index contributed by atoms with van der Waals surface area (Å²) < 4.78 is 1.82. The summed E-state index contributed by atoms with van der Waals surface area (Å²) in [5.41, 5.74) is 1.09. The van der Waals surface area contributed by atoms with Crippen molar-refractivity contribution in [1.82, 2.24) is 14.7 Å². The van der Waals surface area contributed by atoms with Gasteiger partial charge in [0.15, 0.2) is 0 Å². The van der Waals surface area contributed by atoms with E-state index < -0.39 is 5.97 Å². The van der Waals surface area contributed by atoms with Crippen LogP contribution in [0.5, 0.6) is 0 Å². The molecule has 5 nitrogen and oxygen atoms in total. The van der Waals surface area contributed by atoms with Gasteiger partial charge in [-0.25, -0.2) is 0 Å². The normalized spacial score (nSPS) is 22.3. The van der Waals surface area contributed by atoms with Crippen LogP contribution >= 0.6 is 0 Å². The Morgan fingerprint density at radius 2 is 2.42 bits per heavy atom. The first-order valence-electron chi connectivity index (χ1n) is 6.97. The van der Waals surface area contributed by atoms with Crippen LogP contribution in [0.3, 0.4) is 0 Å². The lowest BCUT2D eigenvalue weighted by molar-refractivity contribution is -0.138. The van der Waals surface area contributed by atoms with Crippen molar-refractivity contribution >= 4 is 5.97 Å². The molecule has 2 rings (SSSR count). The Morgan fingerprint density at radius 3 is 3.05 bits per heavy atom. The molecule has 1 aromatic rings. The average molecular weight is 265 g/mol. The van der Waals surface area contributed by atoms with Gasteiger partial charge in [0.05, 0.1) is 5.69 Å². The third-order valence-corrected chi connectivity index (χ3v) is 4.00. The zero-order chi connectivity index (χ0) is 13.8. The largest absolute Gasteiger partial charge is 0.481 e. The number of carbonyl (C=O) groups is 1. The molecule has 106 valence electrons. The van der Waals surface area contributed by atoms with E-state index in [0.717, 1.165) is 38.2 Å². The highest BCUT2D eigenvalue weighted by Crippen LogP contribution is 2.26. The van der Waals surface area contributed by atoms with Crippen LogP contribution in [-0.2, 0) is 18.4 Å². The Kier molecular flexibility index (Phi) is 4.58. The van der Waals surface area contributed by atoms with Gasteiger partial charge in [0, 0.05) is 32.8 Å². The fourth-order valence-corrected chi connectivity index (χ4v) is 2.92. The van der Waals surface area contributed by atoms with E-state index in [1.807, 2.05) is 24.0 Å². The van der Waals surface area contributed by atoms with E-state index in [1.165, 1.54) is 0 Å². The summed E-state index contributed by atoms with van der Waals surface area (Å²) >= 11 is 0. The van der Waals surface area contributed by atoms with Gasteiger partial charge in [-0.05, 0) is 37.3 Å². The van der Waals surface area contributed by atoms with E-state index in [0.29, 0.717) is 5.92 Å². The van der Waals surface area contributed by atoms with Gasteiger partial charge < -0.3 is 5.11 Å². The number of hydrogen-bond donors (Lipinski definition) is 1. The van der Waals surface area contributed by atoms with Gasteiger partial charge in [-0.15, -0.1) is 0 Å². The molecule has 0 spiro atoms. The van der Waals surface area contributed by atoms with Crippen molar-refractivity contribution in [3.8, 4) is 0 Å². The number of carboxylic acids is 1. The molecule has 1 aliphatic heterocycles. The summed E-state index contributed by atoms with van der Waals surface area (Å²) in [5, 5.41) is 13.3. The molecule has 1 saturated heterocycles. The van der Waals surface area contributed by atoms with Crippen molar-refractivity contribution in [1.29, 1.82) is 0 Å². The Morgan fingerprint density at radius 1 is 1.63 bits per heavy atom. The second kappa shape index (κ2) is 6.19. The van der Waals surface area contributed by atoms with Crippen molar-refractivity contribution in [3.63, 3.8) is 0 Å². The van der Waals surface area contributed by atoms with E-state index >= 15 is 0 Å². The second-order valence-electron chi connectivity index (χ2n) is 5.69. The number of carboxylic acid groups (broad SMARTS) is 1. The molecule has 2 atom stereocenters. The number of aryl methyl sites for hydroxylation is 1. The number of likely N-dealkylation sites (tertiary alicyclic amines) is 1. The molecular weight excluding hydrogens is 242 g/mol. The van der Waals surface area contributed by atoms with Gasteiger partial charge in [-0.1, -0.05) is 6.92 Å². The molecule has 0 aliphatic carbocycles. The van der Waals surface area contributed by atoms with Gasteiger partial charge in [-0.2, -0.15) is 5.10 Å². The SMILES string of the molecule is CC(CC(=O)O)C1CCCN(Cc2ccn(C)n2)C1. The molecule has 0 saturated carbocycles. The Labute approximate surface area is 114 Å². The Balaban J connectivity index is 1.88. The van der Waals surface area contributed by atoms with Gasteiger partial charge in [0.25, 0.3) is 0 Å². The van der Waals surface area contributed by atoms with E-state index in [1.54, 1.807) is 0 Å². The topological polar surface area (TPSA) is 58.4 Å². The molecule has 0 aromatic carbocycles. The summed E-state index contributed by atoms with van der Waals surface area (Å²) in [7, 11) is 1.93. The number of hydrogen-bond acceptors (Lipinski definition) is 3. The molecule has 0 bridgehead atoms. The molecule has 19 heavy (non-hydrogen) atoms. The highest BCUT2D eigenvalue weighted by molar-refractivity contribution is 5.67. The van der Waals surface area contributed by atoms with Crippen LogP contribution in [-0.4, -0.2) is 38.8 Å². The molecule has 0 amide bonds. The number of aliphatic carboxylic acids is 1. The zero-order valence-corrected chi connectivity index (χ0v) is 11.7. The predicted octanol–water partition coefficient (Wildman–Crippen LogP) is 1.74. The van der Waals surface area contributed by atoms with E-state index in [4.69, 9.17) is 5.11 Å². The van der Waals surface area contributed by atoms with Gasteiger partial charge in [-0.3, -0.25) is 14.4 Å². The third-order valence-electron chi connectivity index (χ3n) is 4.00. The average Bonchev–Trinajstić information content (AvgIpc) is 2.74. The van der Waals surface area contributed by atoms with Crippen LogP contribution in [0.25, 0.3) is 0 Å². The van der Waals surface area contributed by atoms with E-state index in [2.05, 4.69) is 16.9 Å². The van der Waals surface area contributed by atoms with Crippen molar-refractivity contribution in [2.75, 3.05) is 13.1 Å². The maximum absolute atomic E-state index is 10.8. The van der Waals surface area contributed by atoms with Crippen molar-refractivity contribution < 1.29 is 9.90 Å². The number of rotatable bonds is 5. The monoisotopic (exact) mass is 265 g/mol. The summed E-state index contributed by atoms with van der Waals surface area (Å²) in [4.78, 5) is 13.2. The molecule has 2 heterocycles. The fourth-order valence-electron chi connectivity index (χ4n) is 2.92. The van der Waals surface area contributed by atoms with Gasteiger partial charge >= 0.3 is 5.97 Å². The Hall–Kier alpha value is -1.36. The molecule has 1 aromatic heterocycles. The van der Waals surface area contributed by atoms with Crippen LogP contribution in [0.2, 0.25) is 0 Å². The molecule has 5 heteroatoms. The maximum atomic E-state index is 10.8. The number of aromatic nitrogens is 2. The minimum Gasteiger partial charge on any atom is -0.481 e. The summed E-state index contributed by atoms with van der Waals surface area (Å²) in [6.07, 6.45) is 4.54. The number of nitrogens with zero attached hydrogens (tertiary/aromatic N) is 3. The maximum Gasteiger partial charge on any atom is 0.303 e. The molecule has 1 fully saturated rings. The second-order valence-corrected chi connectivity index (χ2v) is 5.69. The van der Waals surface area contributed by atoms with E-state index in [9.17, 15) is 4.79 Å². The minimum absolute atomic E-state index is 0.254. The van der Waals surface area contributed by atoms with Crippen molar-refractivity contribution in [2.45, 2.75) is 32.7 Å². The lowest BCUT2D eigenvalue weighted by atomic mass is 9.84. The molecule has 1 aliphatic rings. The highest BCUT2D eigenvalue weighted by atomic mass is 16.4. The van der Waals surface area contributed by atoms with Gasteiger partial charge in [0.1, 0.15) is 0 Å². The first-order chi connectivity index (χ1) is 9.04. The summed E-state index contributed by atoms with van der Waals surface area (Å²) in [6, 6.07) is 2.05. The van der Waals surface area contributed by atoms with Crippen molar-refractivity contribution in [2.24, 2.45) is 18.9 Å². The molecule has 0 radical (unpaired) electrons. The van der Waals surface area contributed by atoms with Crippen LogP contribution in [0.1, 0.15) is 31.9 Å². The predicted molar refractivity (Wildman–Crippen MR) is 72.6 cm³/mol.